The number of carbonyl (C=O) groups is 6. The lowest BCUT2D eigenvalue weighted by molar-refractivity contribution is -0.127. The molecule has 0 aliphatic carbocycles. The van der Waals surface area contributed by atoms with Gasteiger partial charge in [-0.3, -0.25) is 28.8 Å². The standard InChI is InChI=1S/C42H30Cl8N8O6/c1-17-9-25(51-41(63)35(19(3)59)57-55-32-11-21(5-7-26(32)45)39(61)53-37-28(47)13-23(43)14-29(37)48)10-18(2)34(17)52-42(64)36(20(4)60)58-56-33-12-22(6-8-27(33)46)40(62)54-38-30(49)15-24(44)16-31(38)50/h5-16,35-36H,1-4H3,(H,51,63)(H,52,64)(H,53,61)(H,54,62). The quantitative estimate of drug-likeness (QED) is 0.0630. The van der Waals surface area contributed by atoms with Crippen LogP contribution in [-0.2, 0) is 19.2 Å². The van der Waals surface area contributed by atoms with Crippen LogP contribution in [-0.4, -0.2) is 47.3 Å². The number of benzene rings is 5. The molecule has 4 N–H and O–H groups in total. The van der Waals surface area contributed by atoms with Crippen LogP contribution in [0.2, 0.25) is 40.2 Å². The molecule has 5 aromatic carbocycles. The van der Waals surface area contributed by atoms with Crippen LogP contribution in [0.25, 0.3) is 0 Å². The Kier molecular flexibility index (Phi) is 16.9. The molecule has 2 unspecified atom stereocenters. The van der Waals surface area contributed by atoms with E-state index in [-0.39, 0.29) is 79.7 Å². The van der Waals surface area contributed by atoms with Gasteiger partial charge in [0.2, 0.25) is 12.1 Å². The Morgan fingerprint density at radius 1 is 0.453 bits per heavy atom. The van der Waals surface area contributed by atoms with Gasteiger partial charge in [0.15, 0.2) is 11.6 Å². The number of nitrogens with one attached hydrogen (secondary N) is 4. The third kappa shape index (κ3) is 12.5. The number of nitrogens with zero attached hydrogens (tertiary/aromatic N) is 4. The Labute approximate surface area is 405 Å². The molecule has 330 valence electrons. The predicted molar refractivity (Wildman–Crippen MR) is 253 cm³/mol. The van der Waals surface area contributed by atoms with Gasteiger partial charge in [0.1, 0.15) is 11.4 Å². The summed E-state index contributed by atoms with van der Waals surface area (Å²) >= 11 is 49.3. The van der Waals surface area contributed by atoms with E-state index in [1.54, 1.807) is 13.8 Å². The van der Waals surface area contributed by atoms with Crippen molar-refractivity contribution in [1.82, 2.24) is 0 Å². The second-order valence-electron chi connectivity index (χ2n) is 13.7. The number of hydrogen-bond donors (Lipinski definition) is 4. The zero-order chi connectivity index (χ0) is 47.2. The van der Waals surface area contributed by atoms with Gasteiger partial charge in [0.25, 0.3) is 23.6 Å². The molecular weight excluding hydrogens is 996 g/mol. The summed E-state index contributed by atoms with van der Waals surface area (Å²) in [5.41, 5.74) is 1.77. The Balaban J connectivity index is 1.27. The average molecular weight is 1030 g/mol. The van der Waals surface area contributed by atoms with Gasteiger partial charge >= 0.3 is 0 Å². The Bertz CT molecular complexity index is 2750. The highest BCUT2D eigenvalue weighted by molar-refractivity contribution is 6.43. The van der Waals surface area contributed by atoms with Gasteiger partial charge in [-0.1, -0.05) is 92.8 Å². The van der Waals surface area contributed by atoms with Crippen molar-refractivity contribution >= 4 is 162 Å². The number of carbonyl (C=O) groups excluding carboxylic acids is 6. The fourth-order valence-corrected chi connectivity index (χ4v) is 7.80. The highest BCUT2D eigenvalue weighted by Gasteiger charge is 2.27. The van der Waals surface area contributed by atoms with Crippen LogP contribution in [0.5, 0.6) is 0 Å². The minimum atomic E-state index is -1.64. The molecule has 5 rings (SSSR count). The van der Waals surface area contributed by atoms with Crippen molar-refractivity contribution in [3.8, 4) is 0 Å². The number of halogens is 8. The lowest BCUT2D eigenvalue weighted by atomic mass is 10.1. The van der Waals surface area contributed by atoms with Crippen LogP contribution in [0.15, 0.2) is 93.3 Å². The number of azo groups is 2. The van der Waals surface area contributed by atoms with E-state index in [9.17, 15) is 28.8 Å². The molecule has 64 heavy (non-hydrogen) atoms. The SMILES string of the molecule is CC(=O)C(N=Nc1cc(C(=O)Nc2c(Cl)cc(Cl)cc2Cl)ccc1Cl)C(=O)Nc1cc(C)c(NC(=O)C(N=Nc2cc(C(=O)Nc3c(Cl)cc(Cl)cc3Cl)ccc2Cl)C(C)=O)c(C)c1. The maximum Gasteiger partial charge on any atom is 0.258 e. The predicted octanol–water partition coefficient (Wildman–Crippen LogP) is 13.4. The van der Waals surface area contributed by atoms with E-state index in [1.807, 2.05) is 0 Å². The van der Waals surface area contributed by atoms with E-state index in [2.05, 4.69) is 41.7 Å². The van der Waals surface area contributed by atoms with Gasteiger partial charge in [-0.05, 0) is 112 Å². The maximum atomic E-state index is 13.5. The molecule has 2 atom stereocenters. The summed E-state index contributed by atoms with van der Waals surface area (Å²) in [7, 11) is 0. The molecule has 22 heteroatoms. The third-order valence-electron chi connectivity index (χ3n) is 8.78. The van der Waals surface area contributed by atoms with E-state index in [0.717, 1.165) is 13.8 Å². The monoisotopic (exact) mass is 1020 g/mol. The van der Waals surface area contributed by atoms with Crippen molar-refractivity contribution < 1.29 is 28.8 Å². The lowest BCUT2D eigenvalue weighted by Gasteiger charge is -2.17. The van der Waals surface area contributed by atoms with E-state index >= 15 is 0 Å². The zero-order valence-corrected chi connectivity index (χ0v) is 39.4. The van der Waals surface area contributed by atoms with Crippen LogP contribution in [0.3, 0.4) is 0 Å². The first-order valence-corrected chi connectivity index (χ1v) is 21.2. The van der Waals surface area contributed by atoms with Crippen LogP contribution in [0.4, 0.5) is 34.1 Å². The second-order valence-corrected chi connectivity index (χ2v) is 17.0. The second kappa shape index (κ2) is 21.7. The van der Waals surface area contributed by atoms with Crippen molar-refractivity contribution in [2.24, 2.45) is 20.5 Å². The Hall–Kier alpha value is -5.16. The number of amides is 4. The molecule has 0 saturated carbocycles. The molecule has 14 nitrogen and oxygen atoms in total. The summed E-state index contributed by atoms with van der Waals surface area (Å²) < 4.78 is 0. The molecule has 0 saturated heterocycles. The summed E-state index contributed by atoms with van der Waals surface area (Å²) in [6.45, 7) is 5.55. The van der Waals surface area contributed by atoms with Crippen LogP contribution < -0.4 is 21.3 Å². The number of anilines is 4. The summed E-state index contributed by atoms with van der Waals surface area (Å²) in [5.74, 6) is -4.27. The first kappa shape index (κ1) is 49.8. The first-order chi connectivity index (χ1) is 30.1. The van der Waals surface area contributed by atoms with Crippen molar-refractivity contribution in [3.05, 3.63) is 135 Å². The summed E-state index contributed by atoms with van der Waals surface area (Å²) in [4.78, 5) is 78.2. The average Bonchev–Trinajstić information content (AvgIpc) is 3.20. The van der Waals surface area contributed by atoms with Crippen LogP contribution in [0, 0.1) is 13.8 Å². The number of ketones is 2. The topological polar surface area (TPSA) is 200 Å². The molecule has 0 aromatic heterocycles. The fourth-order valence-electron chi connectivity index (χ4n) is 5.67. The third-order valence-corrected chi connectivity index (χ3v) is 11.1. The molecule has 0 aliphatic rings. The van der Waals surface area contributed by atoms with E-state index < -0.39 is 47.3 Å². The smallest absolute Gasteiger partial charge is 0.258 e. The van der Waals surface area contributed by atoms with Crippen molar-refractivity contribution in [2.75, 3.05) is 21.3 Å². The lowest BCUT2D eigenvalue weighted by Crippen LogP contribution is -2.33. The van der Waals surface area contributed by atoms with Crippen molar-refractivity contribution in [2.45, 2.75) is 39.8 Å². The van der Waals surface area contributed by atoms with Gasteiger partial charge in [-0.25, -0.2) is 0 Å². The molecular formula is C42H30Cl8N8O6. The normalized spacial score (nSPS) is 12.2. The Morgan fingerprint density at radius 2 is 0.812 bits per heavy atom. The van der Waals surface area contributed by atoms with Crippen molar-refractivity contribution in [1.29, 1.82) is 0 Å². The number of hydrogen-bond acceptors (Lipinski definition) is 10. The Morgan fingerprint density at radius 3 is 1.17 bits per heavy atom. The minimum Gasteiger partial charge on any atom is -0.324 e. The molecule has 0 radical (unpaired) electrons. The van der Waals surface area contributed by atoms with Gasteiger partial charge in [0.05, 0.1) is 41.5 Å². The minimum absolute atomic E-state index is 0.0247. The molecule has 5 aromatic rings. The maximum absolute atomic E-state index is 13.5. The summed E-state index contributed by atoms with van der Waals surface area (Å²) in [6, 6.07) is 13.5. The molecule has 4 amide bonds. The number of Topliss-reactive ketones (excluding diaryl/α,β-unsaturated/α-hetero) is 2. The molecule has 0 heterocycles. The van der Waals surface area contributed by atoms with E-state index in [4.69, 9.17) is 92.8 Å². The highest BCUT2D eigenvalue weighted by Crippen LogP contribution is 2.36. The van der Waals surface area contributed by atoms with Gasteiger partial charge < -0.3 is 21.3 Å². The van der Waals surface area contributed by atoms with Crippen molar-refractivity contribution in [3.63, 3.8) is 0 Å². The highest BCUT2D eigenvalue weighted by atomic mass is 35.5. The first-order valence-electron chi connectivity index (χ1n) is 18.2. The van der Waals surface area contributed by atoms with E-state index in [0.29, 0.717) is 16.8 Å². The summed E-state index contributed by atoms with van der Waals surface area (Å²) in [6.07, 6.45) is 0. The molecule has 0 fully saturated rings. The molecule has 0 bridgehead atoms. The largest absolute Gasteiger partial charge is 0.324 e. The van der Waals surface area contributed by atoms with Crippen LogP contribution >= 0.6 is 92.8 Å². The molecule has 0 spiro atoms. The number of rotatable bonds is 14. The fraction of sp³-hybridized carbons (Fsp3) is 0.143. The molecule has 0 aliphatic heterocycles. The van der Waals surface area contributed by atoms with Gasteiger partial charge in [-0.2, -0.15) is 20.5 Å². The number of aryl methyl sites for hydroxylation is 2. The van der Waals surface area contributed by atoms with Gasteiger partial charge in [-0.15, -0.1) is 0 Å². The zero-order valence-electron chi connectivity index (χ0n) is 33.3. The van der Waals surface area contributed by atoms with Crippen LogP contribution in [0.1, 0.15) is 45.7 Å². The van der Waals surface area contributed by atoms with E-state index in [1.165, 1.54) is 72.8 Å². The van der Waals surface area contributed by atoms with Gasteiger partial charge in [0, 0.05) is 32.5 Å². The summed E-state index contributed by atoms with van der Waals surface area (Å²) in [5, 5.41) is 27.5.